The van der Waals surface area contributed by atoms with Crippen LogP contribution in [0.5, 0.6) is 0 Å². The zero-order chi connectivity index (χ0) is 17.8. The lowest BCUT2D eigenvalue weighted by molar-refractivity contribution is 0.0826. The summed E-state index contributed by atoms with van der Waals surface area (Å²) >= 11 is 0. The zero-order valence-corrected chi connectivity index (χ0v) is 15.0. The second kappa shape index (κ2) is 5.80. The highest BCUT2D eigenvalue weighted by Crippen LogP contribution is 2.42. The van der Waals surface area contributed by atoms with Crippen molar-refractivity contribution in [1.82, 2.24) is 15.5 Å². The first-order valence-corrected chi connectivity index (χ1v) is 9.16. The molecule has 2 aromatic rings. The number of nitrogens with zero attached hydrogens (tertiary/aromatic N) is 2. The minimum absolute atomic E-state index is 0.0617. The number of carbonyl (C=O) groups is 1. The maximum absolute atomic E-state index is 13.1. The molecule has 2 saturated carbocycles. The molecule has 2 fully saturated rings. The smallest absolute Gasteiger partial charge is 0.259 e. The molecule has 2 N–H and O–H groups in total. The van der Waals surface area contributed by atoms with E-state index in [1.54, 1.807) is 0 Å². The Balaban J connectivity index is 1.78. The Morgan fingerprint density at radius 1 is 1.40 bits per heavy atom. The molecule has 1 amide bonds. The van der Waals surface area contributed by atoms with E-state index in [2.05, 4.69) is 15.5 Å². The summed E-state index contributed by atoms with van der Waals surface area (Å²) in [5, 5.41) is 17.7. The molecule has 1 unspecified atom stereocenters. The van der Waals surface area contributed by atoms with Gasteiger partial charge in [0.1, 0.15) is 0 Å². The number of hydrogen-bond acceptors (Lipinski definition) is 5. The number of pyridine rings is 1. The Labute approximate surface area is 147 Å². The predicted octanol–water partition coefficient (Wildman–Crippen LogP) is 3.11. The first-order chi connectivity index (χ1) is 11.9. The van der Waals surface area contributed by atoms with Crippen molar-refractivity contribution in [1.29, 1.82) is 0 Å². The lowest BCUT2D eigenvalue weighted by atomic mass is 9.95. The maximum Gasteiger partial charge on any atom is 0.259 e. The summed E-state index contributed by atoms with van der Waals surface area (Å²) in [6, 6.07) is 1.89. The monoisotopic (exact) mass is 343 g/mol. The van der Waals surface area contributed by atoms with E-state index in [0.29, 0.717) is 28.5 Å². The lowest BCUT2D eigenvalue weighted by Crippen LogP contribution is -2.50. The van der Waals surface area contributed by atoms with Crippen LogP contribution in [0.4, 0.5) is 0 Å². The fourth-order valence-corrected chi connectivity index (χ4v) is 3.47. The maximum atomic E-state index is 13.1. The Kier molecular flexibility index (Phi) is 3.83. The normalized spacial score (nSPS) is 20.0. The Morgan fingerprint density at radius 2 is 2.12 bits per heavy atom. The van der Waals surface area contributed by atoms with Crippen LogP contribution in [0.25, 0.3) is 11.1 Å². The summed E-state index contributed by atoms with van der Waals surface area (Å²) in [4.78, 5) is 17.7. The van der Waals surface area contributed by atoms with Crippen molar-refractivity contribution in [3.8, 4) is 0 Å². The fourth-order valence-electron chi connectivity index (χ4n) is 3.47. The van der Waals surface area contributed by atoms with Crippen molar-refractivity contribution >= 4 is 17.0 Å². The number of aromatic nitrogens is 2. The second-order valence-corrected chi connectivity index (χ2v) is 8.08. The van der Waals surface area contributed by atoms with Gasteiger partial charge in [-0.2, -0.15) is 0 Å². The summed E-state index contributed by atoms with van der Waals surface area (Å²) in [5.41, 5.74) is 2.09. The molecule has 134 valence electrons. The molecule has 0 aromatic carbocycles. The van der Waals surface area contributed by atoms with E-state index in [9.17, 15) is 9.90 Å². The zero-order valence-electron chi connectivity index (χ0n) is 15.0. The van der Waals surface area contributed by atoms with Crippen molar-refractivity contribution < 1.29 is 14.4 Å². The highest BCUT2D eigenvalue weighted by atomic mass is 16.5. The fraction of sp³-hybridized carbons (Fsp3) is 0.632. The first-order valence-electron chi connectivity index (χ1n) is 9.16. The molecule has 0 aliphatic heterocycles. The number of fused-ring (bicyclic) bond motifs is 1. The van der Waals surface area contributed by atoms with Gasteiger partial charge in [0.15, 0.2) is 0 Å². The standard InChI is InChI=1S/C19H25N3O3/c1-10(2)16-15-13(17(24)21-19(3,9-23)12-6-7-12)8-14(11-4-5-11)20-18(15)25-22-16/h8,10-12,23H,4-7,9H2,1-3H3,(H,21,24). The van der Waals surface area contributed by atoms with Crippen LogP contribution in [0.1, 0.15) is 80.0 Å². The van der Waals surface area contributed by atoms with Gasteiger partial charge in [-0.1, -0.05) is 19.0 Å². The van der Waals surface area contributed by atoms with Gasteiger partial charge in [-0.25, -0.2) is 4.98 Å². The average molecular weight is 343 g/mol. The number of rotatable bonds is 6. The van der Waals surface area contributed by atoms with Crippen molar-refractivity contribution in [3.63, 3.8) is 0 Å². The van der Waals surface area contributed by atoms with E-state index in [1.807, 2.05) is 26.8 Å². The topological polar surface area (TPSA) is 88.2 Å². The third-order valence-electron chi connectivity index (χ3n) is 5.49. The van der Waals surface area contributed by atoms with Crippen molar-refractivity contribution in [2.45, 2.75) is 63.8 Å². The molecule has 2 aliphatic carbocycles. The summed E-state index contributed by atoms with van der Waals surface area (Å²) in [6.07, 6.45) is 4.28. The summed E-state index contributed by atoms with van der Waals surface area (Å²) < 4.78 is 5.45. The summed E-state index contributed by atoms with van der Waals surface area (Å²) in [7, 11) is 0. The predicted molar refractivity (Wildman–Crippen MR) is 93.5 cm³/mol. The highest BCUT2D eigenvalue weighted by molar-refractivity contribution is 6.06. The van der Waals surface area contributed by atoms with Crippen LogP contribution in [0.15, 0.2) is 10.6 Å². The van der Waals surface area contributed by atoms with Crippen LogP contribution < -0.4 is 5.32 Å². The highest BCUT2D eigenvalue weighted by Gasteiger charge is 2.42. The molecule has 2 aliphatic rings. The van der Waals surface area contributed by atoms with Crippen molar-refractivity contribution in [3.05, 3.63) is 23.0 Å². The van der Waals surface area contributed by atoms with Crippen LogP contribution >= 0.6 is 0 Å². The molecular formula is C19H25N3O3. The summed E-state index contributed by atoms with van der Waals surface area (Å²) in [5.74, 6) is 0.710. The van der Waals surface area contributed by atoms with Gasteiger partial charge in [-0.3, -0.25) is 4.79 Å². The quantitative estimate of drug-likeness (QED) is 0.841. The van der Waals surface area contributed by atoms with Crippen LogP contribution in [0.2, 0.25) is 0 Å². The average Bonchev–Trinajstić information content (AvgIpc) is 3.48. The molecular weight excluding hydrogens is 318 g/mol. The molecule has 0 bridgehead atoms. The van der Waals surface area contributed by atoms with Crippen molar-refractivity contribution in [2.24, 2.45) is 5.92 Å². The third-order valence-corrected chi connectivity index (χ3v) is 5.49. The number of hydrogen-bond donors (Lipinski definition) is 2. The van der Waals surface area contributed by atoms with Crippen LogP contribution in [0.3, 0.4) is 0 Å². The molecule has 2 aromatic heterocycles. The minimum atomic E-state index is -0.582. The molecule has 4 rings (SSSR count). The molecule has 0 radical (unpaired) electrons. The van der Waals surface area contributed by atoms with E-state index in [4.69, 9.17) is 4.52 Å². The molecule has 0 spiro atoms. The van der Waals surface area contributed by atoms with Crippen LogP contribution in [-0.4, -0.2) is 33.3 Å². The van der Waals surface area contributed by atoms with Gasteiger partial charge < -0.3 is 14.9 Å². The molecule has 2 heterocycles. The van der Waals surface area contributed by atoms with E-state index >= 15 is 0 Å². The van der Waals surface area contributed by atoms with E-state index < -0.39 is 5.54 Å². The van der Waals surface area contributed by atoms with Gasteiger partial charge in [-0.05, 0) is 50.5 Å². The molecule has 6 nitrogen and oxygen atoms in total. The van der Waals surface area contributed by atoms with Crippen molar-refractivity contribution in [2.75, 3.05) is 6.61 Å². The van der Waals surface area contributed by atoms with Gasteiger partial charge in [0, 0.05) is 11.6 Å². The Hall–Kier alpha value is -1.95. The van der Waals surface area contributed by atoms with Gasteiger partial charge >= 0.3 is 0 Å². The molecule has 0 saturated heterocycles. The largest absolute Gasteiger partial charge is 0.394 e. The first kappa shape index (κ1) is 16.5. The van der Waals surface area contributed by atoms with Gasteiger partial charge in [0.05, 0.1) is 28.8 Å². The minimum Gasteiger partial charge on any atom is -0.394 e. The van der Waals surface area contributed by atoms with Crippen LogP contribution in [0, 0.1) is 5.92 Å². The van der Waals surface area contributed by atoms with E-state index in [0.717, 1.165) is 37.1 Å². The molecule has 1 atom stereocenters. The Bertz CT molecular complexity index is 821. The number of aliphatic hydroxyl groups is 1. The number of aliphatic hydroxyl groups excluding tert-OH is 1. The SMILES string of the molecule is CC(C)c1noc2nc(C3CC3)cc(C(=O)NC(C)(CO)C3CC3)c12. The third kappa shape index (κ3) is 2.92. The van der Waals surface area contributed by atoms with Gasteiger partial charge in [-0.15, -0.1) is 0 Å². The number of amides is 1. The molecule has 6 heteroatoms. The second-order valence-electron chi connectivity index (χ2n) is 8.08. The number of nitrogens with one attached hydrogen (secondary N) is 1. The Morgan fingerprint density at radius 3 is 2.68 bits per heavy atom. The van der Waals surface area contributed by atoms with Gasteiger partial charge in [0.25, 0.3) is 11.6 Å². The summed E-state index contributed by atoms with van der Waals surface area (Å²) in [6.45, 7) is 5.90. The molecule has 25 heavy (non-hydrogen) atoms. The van der Waals surface area contributed by atoms with E-state index in [1.165, 1.54) is 0 Å². The lowest BCUT2D eigenvalue weighted by Gasteiger charge is -2.29. The number of carbonyl (C=O) groups excluding carboxylic acids is 1. The van der Waals surface area contributed by atoms with E-state index in [-0.39, 0.29) is 18.4 Å². The van der Waals surface area contributed by atoms with Gasteiger partial charge in [0.2, 0.25) is 0 Å². The van der Waals surface area contributed by atoms with Crippen LogP contribution in [-0.2, 0) is 0 Å².